The third-order valence-corrected chi connectivity index (χ3v) is 3.40. The maximum atomic E-state index is 13.9. The second kappa shape index (κ2) is 8.59. The summed E-state index contributed by atoms with van der Waals surface area (Å²) in [5.41, 5.74) is -0.229. The summed E-state index contributed by atoms with van der Waals surface area (Å²) in [6.45, 7) is 1.26. The number of carbonyl (C=O) groups excluding carboxylic acids is 2. The van der Waals surface area contributed by atoms with Gasteiger partial charge in [0.15, 0.2) is 6.10 Å². The predicted molar refractivity (Wildman–Crippen MR) is 89.6 cm³/mol. The number of anilines is 1. The van der Waals surface area contributed by atoms with E-state index in [1.165, 1.54) is 32.2 Å². The SMILES string of the molecule is COc1ccc(C(=O)O[C@@H](C)C(=O)Nc2ccc(OC(F)(F)F)cc2)c(F)c1. The van der Waals surface area contributed by atoms with Crippen molar-refractivity contribution < 1.29 is 41.4 Å². The number of hydrogen-bond acceptors (Lipinski definition) is 5. The standard InChI is InChI=1S/C18H15F4NO5/c1-10(27-17(25)14-8-7-13(26-2)9-15(14)19)16(24)23-11-3-5-12(6-4-11)28-18(20,21)22/h3-10H,1-2H3,(H,23,24)/t10-/m0/s1. The molecular formula is C18H15F4NO5. The maximum absolute atomic E-state index is 13.9. The Hall–Kier alpha value is -3.30. The highest BCUT2D eigenvalue weighted by Crippen LogP contribution is 2.24. The first-order valence-electron chi connectivity index (χ1n) is 7.80. The Morgan fingerprint density at radius 2 is 1.64 bits per heavy atom. The van der Waals surface area contributed by atoms with E-state index in [2.05, 4.69) is 10.1 Å². The number of alkyl halides is 3. The largest absolute Gasteiger partial charge is 0.573 e. The quantitative estimate of drug-likeness (QED) is 0.587. The second-order valence-corrected chi connectivity index (χ2v) is 5.45. The molecule has 0 aromatic heterocycles. The molecule has 2 aromatic rings. The zero-order valence-corrected chi connectivity index (χ0v) is 14.7. The van der Waals surface area contributed by atoms with Gasteiger partial charge in [0.1, 0.15) is 17.3 Å². The maximum Gasteiger partial charge on any atom is 0.573 e. The van der Waals surface area contributed by atoms with Crippen molar-refractivity contribution in [2.45, 2.75) is 19.4 Å². The van der Waals surface area contributed by atoms with Crippen LogP contribution in [0.4, 0.5) is 23.2 Å². The van der Waals surface area contributed by atoms with Gasteiger partial charge in [0, 0.05) is 11.8 Å². The lowest BCUT2D eigenvalue weighted by Crippen LogP contribution is -2.30. The van der Waals surface area contributed by atoms with Gasteiger partial charge in [0.2, 0.25) is 0 Å². The molecule has 1 atom stereocenters. The number of esters is 1. The summed E-state index contributed by atoms with van der Waals surface area (Å²) in [5.74, 6) is -2.95. The van der Waals surface area contributed by atoms with E-state index in [0.29, 0.717) is 0 Å². The molecule has 0 fully saturated rings. The molecule has 0 aliphatic carbocycles. The van der Waals surface area contributed by atoms with Gasteiger partial charge >= 0.3 is 12.3 Å². The zero-order chi connectivity index (χ0) is 20.9. The molecule has 0 radical (unpaired) electrons. The normalized spacial score (nSPS) is 12.1. The van der Waals surface area contributed by atoms with Crippen molar-refractivity contribution in [3.05, 3.63) is 53.8 Å². The van der Waals surface area contributed by atoms with Gasteiger partial charge in [0.25, 0.3) is 5.91 Å². The minimum atomic E-state index is -4.83. The first-order chi connectivity index (χ1) is 13.1. The third-order valence-electron chi connectivity index (χ3n) is 3.40. The Bertz CT molecular complexity index is 852. The summed E-state index contributed by atoms with van der Waals surface area (Å²) in [6, 6.07) is 7.87. The number of benzene rings is 2. The van der Waals surface area contributed by atoms with Crippen LogP contribution in [0, 0.1) is 5.82 Å². The average molecular weight is 401 g/mol. The predicted octanol–water partition coefficient (Wildman–Crippen LogP) is 3.92. The minimum absolute atomic E-state index is 0.151. The van der Waals surface area contributed by atoms with Gasteiger partial charge in [-0.1, -0.05) is 0 Å². The fourth-order valence-electron chi connectivity index (χ4n) is 2.05. The van der Waals surface area contributed by atoms with Gasteiger partial charge in [-0.2, -0.15) is 0 Å². The molecule has 0 unspecified atom stereocenters. The Balaban J connectivity index is 1.96. The fraction of sp³-hybridized carbons (Fsp3) is 0.222. The number of hydrogen-bond donors (Lipinski definition) is 1. The van der Waals surface area contributed by atoms with Crippen LogP contribution < -0.4 is 14.8 Å². The van der Waals surface area contributed by atoms with E-state index < -0.39 is 35.9 Å². The van der Waals surface area contributed by atoms with Crippen molar-refractivity contribution >= 4 is 17.6 Å². The van der Waals surface area contributed by atoms with E-state index in [-0.39, 0.29) is 17.0 Å². The summed E-state index contributed by atoms with van der Waals surface area (Å²) in [4.78, 5) is 24.1. The Morgan fingerprint density at radius 1 is 1.04 bits per heavy atom. The van der Waals surface area contributed by atoms with Crippen LogP contribution in [-0.4, -0.2) is 31.5 Å². The van der Waals surface area contributed by atoms with Crippen molar-refractivity contribution in [1.82, 2.24) is 0 Å². The Kier molecular flexibility index (Phi) is 6.45. The number of amides is 1. The molecule has 0 saturated heterocycles. The zero-order valence-electron chi connectivity index (χ0n) is 14.7. The lowest BCUT2D eigenvalue weighted by Gasteiger charge is -2.14. The van der Waals surface area contributed by atoms with Crippen LogP contribution in [0.15, 0.2) is 42.5 Å². The summed E-state index contributed by atoms with van der Waals surface area (Å²) < 4.78 is 63.7. The van der Waals surface area contributed by atoms with Crippen LogP contribution in [0.25, 0.3) is 0 Å². The summed E-state index contributed by atoms with van der Waals surface area (Å²) >= 11 is 0. The van der Waals surface area contributed by atoms with Crippen molar-refractivity contribution in [2.75, 3.05) is 12.4 Å². The second-order valence-electron chi connectivity index (χ2n) is 5.45. The number of rotatable bonds is 6. The molecule has 0 aliphatic rings. The van der Waals surface area contributed by atoms with E-state index in [4.69, 9.17) is 9.47 Å². The minimum Gasteiger partial charge on any atom is -0.497 e. The van der Waals surface area contributed by atoms with Gasteiger partial charge in [-0.15, -0.1) is 13.2 Å². The summed E-state index contributed by atoms with van der Waals surface area (Å²) in [7, 11) is 1.33. The van der Waals surface area contributed by atoms with Gasteiger partial charge in [-0.05, 0) is 43.3 Å². The van der Waals surface area contributed by atoms with Crippen molar-refractivity contribution in [2.24, 2.45) is 0 Å². The van der Waals surface area contributed by atoms with E-state index in [1.807, 2.05) is 0 Å². The molecule has 150 valence electrons. The molecule has 0 spiro atoms. The Morgan fingerprint density at radius 3 is 2.18 bits per heavy atom. The highest BCUT2D eigenvalue weighted by Gasteiger charge is 2.31. The molecule has 0 aliphatic heterocycles. The van der Waals surface area contributed by atoms with Gasteiger partial charge < -0.3 is 19.5 Å². The number of nitrogens with one attached hydrogen (secondary N) is 1. The number of halogens is 4. The molecular weight excluding hydrogens is 386 g/mol. The van der Waals surface area contributed by atoms with E-state index >= 15 is 0 Å². The topological polar surface area (TPSA) is 73.9 Å². The first-order valence-corrected chi connectivity index (χ1v) is 7.80. The highest BCUT2D eigenvalue weighted by molar-refractivity contribution is 5.97. The molecule has 6 nitrogen and oxygen atoms in total. The fourth-order valence-corrected chi connectivity index (χ4v) is 2.05. The lowest BCUT2D eigenvalue weighted by molar-refractivity contribution is -0.274. The smallest absolute Gasteiger partial charge is 0.497 e. The van der Waals surface area contributed by atoms with Crippen molar-refractivity contribution in [3.63, 3.8) is 0 Å². The average Bonchev–Trinajstić information content (AvgIpc) is 2.61. The molecule has 2 aromatic carbocycles. The molecule has 10 heteroatoms. The molecule has 28 heavy (non-hydrogen) atoms. The van der Waals surface area contributed by atoms with Crippen LogP contribution in [0.5, 0.6) is 11.5 Å². The van der Waals surface area contributed by atoms with Crippen molar-refractivity contribution in [3.8, 4) is 11.5 Å². The number of ether oxygens (including phenoxy) is 3. The van der Waals surface area contributed by atoms with Crippen LogP contribution in [0.2, 0.25) is 0 Å². The lowest BCUT2D eigenvalue weighted by atomic mass is 10.2. The molecule has 1 amide bonds. The van der Waals surface area contributed by atoms with Gasteiger partial charge in [0.05, 0.1) is 12.7 Å². The highest BCUT2D eigenvalue weighted by atomic mass is 19.4. The molecule has 0 heterocycles. The molecule has 0 bridgehead atoms. The third kappa shape index (κ3) is 5.86. The summed E-state index contributed by atoms with van der Waals surface area (Å²) in [6.07, 6.45) is -6.12. The summed E-state index contributed by atoms with van der Waals surface area (Å²) in [5, 5.41) is 2.35. The van der Waals surface area contributed by atoms with Gasteiger partial charge in [-0.3, -0.25) is 4.79 Å². The molecule has 1 N–H and O–H groups in total. The van der Waals surface area contributed by atoms with Crippen LogP contribution >= 0.6 is 0 Å². The Labute approximate surface area is 157 Å². The van der Waals surface area contributed by atoms with Crippen LogP contribution in [0.3, 0.4) is 0 Å². The van der Waals surface area contributed by atoms with Crippen LogP contribution in [-0.2, 0) is 9.53 Å². The van der Waals surface area contributed by atoms with E-state index in [0.717, 1.165) is 24.3 Å². The monoisotopic (exact) mass is 401 g/mol. The number of carbonyl (C=O) groups is 2. The van der Waals surface area contributed by atoms with Crippen LogP contribution in [0.1, 0.15) is 17.3 Å². The molecule has 0 saturated carbocycles. The van der Waals surface area contributed by atoms with Gasteiger partial charge in [-0.25, -0.2) is 9.18 Å². The number of methoxy groups -OCH3 is 1. The van der Waals surface area contributed by atoms with Crippen molar-refractivity contribution in [1.29, 1.82) is 0 Å². The first kappa shape index (κ1) is 21.0. The van der Waals surface area contributed by atoms with E-state index in [9.17, 15) is 27.2 Å². The molecule has 2 rings (SSSR count). The van der Waals surface area contributed by atoms with E-state index in [1.54, 1.807) is 0 Å².